The molecular weight excluding hydrogens is 248 g/mol. The van der Waals surface area contributed by atoms with Crippen LogP contribution in [-0.2, 0) is 20.6 Å². The zero-order chi connectivity index (χ0) is 13.9. The number of fused-ring (bicyclic) bond motifs is 3. The van der Waals surface area contributed by atoms with E-state index < -0.39 is 0 Å². The second kappa shape index (κ2) is 3.56. The molecule has 0 spiro atoms. The predicted octanol–water partition coefficient (Wildman–Crippen LogP) is -0.741. The van der Waals surface area contributed by atoms with Gasteiger partial charge in [0.1, 0.15) is 0 Å². The summed E-state index contributed by atoms with van der Waals surface area (Å²) in [6.07, 6.45) is 0. The number of aromatic nitrogens is 4. The van der Waals surface area contributed by atoms with Crippen LogP contribution in [0.25, 0.3) is 11.2 Å². The van der Waals surface area contributed by atoms with Gasteiger partial charge in [-0.3, -0.25) is 18.5 Å². The summed E-state index contributed by atoms with van der Waals surface area (Å²) < 4.78 is 4.27. The lowest BCUT2D eigenvalue weighted by molar-refractivity contribution is 0.703. The number of hydrazone groups is 1. The monoisotopic (exact) mass is 262 g/mol. The lowest BCUT2D eigenvalue weighted by Crippen LogP contribution is -2.38. The molecule has 3 rings (SSSR count). The number of hydrogen-bond acceptors (Lipinski definition) is 5. The molecule has 2 aromatic heterocycles. The molecule has 0 bridgehead atoms. The van der Waals surface area contributed by atoms with Crippen molar-refractivity contribution in [2.45, 2.75) is 13.5 Å². The van der Waals surface area contributed by atoms with E-state index in [2.05, 4.69) is 10.1 Å². The van der Waals surface area contributed by atoms with E-state index in [9.17, 15) is 9.59 Å². The summed E-state index contributed by atoms with van der Waals surface area (Å²) in [7, 11) is 4.84. The Kier molecular flexibility index (Phi) is 2.19. The van der Waals surface area contributed by atoms with Crippen LogP contribution in [0.15, 0.2) is 14.7 Å². The van der Waals surface area contributed by atoms with E-state index in [4.69, 9.17) is 0 Å². The lowest BCUT2D eigenvalue weighted by atomic mass is 10.4. The zero-order valence-electron chi connectivity index (χ0n) is 11.2. The van der Waals surface area contributed by atoms with Crippen LogP contribution >= 0.6 is 0 Å². The molecule has 0 saturated heterocycles. The topological polar surface area (TPSA) is 77.4 Å². The molecule has 0 atom stereocenters. The molecular formula is C11H14N6O2. The molecule has 2 aromatic rings. The molecule has 0 saturated carbocycles. The third-order valence-corrected chi connectivity index (χ3v) is 3.32. The van der Waals surface area contributed by atoms with Crippen molar-refractivity contribution < 1.29 is 0 Å². The average molecular weight is 262 g/mol. The van der Waals surface area contributed by atoms with E-state index in [0.717, 1.165) is 10.3 Å². The van der Waals surface area contributed by atoms with Gasteiger partial charge in [0.05, 0.1) is 12.3 Å². The SMILES string of the molecule is CC1=NN(C)c2nc3c(c(=O)n(C)c(=O)n3C)n2C1. The first kappa shape index (κ1) is 11.7. The van der Waals surface area contributed by atoms with Gasteiger partial charge in [0, 0.05) is 21.1 Å². The number of rotatable bonds is 0. The Balaban J connectivity index is 2.52. The van der Waals surface area contributed by atoms with Gasteiger partial charge in [-0.1, -0.05) is 0 Å². The first-order chi connectivity index (χ1) is 8.91. The fraction of sp³-hybridized carbons (Fsp3) is 0.455. The predicted molar refractivity (Wildman–Crippen MR) is 71.7 cm³/mol. The first-order valence-corrected chi connectivity index (χ1v) is 5.86. The normalized spacial score (nSPS) is 14.7. The van der Waals surface area contributed by atoms with Gasteiger partial charge in [-0.25, -0.2) is 9.80 Å². The maximum Gasteiger partial charge on any atom is 0.332 e. The molecule has 100 valence electrons. The van der Waals surface area contributed by atoms with E-state index in [-0.39, 0.29) is 11.2 Å². The second-order valence-electron chi connectivity index (χ2n) is 4.73. The Bertz CT molecular complexity index is 837. The molecule has 19 heavy (non-hydrogen) atoms. The van der Waals surface area contributed by atoms with E-state index >= 15 is 0 Å². The molecule has 0 amide bonds. The molecule has 0 unspecified atom stereocenters. The van der Waals surface area contributed by atoms with Crippen molar-refractivity contribution in [2.75, 3.05) is 12.1 Å². The molecule has 1 aliphatic rings. The van der Waals surface area contributed by atoms with Gasteiger partial charge in [-0.2, -0.15) is 10.1 Å². The van der Waals surface area contributed by atoms with Crippen molar-refractivity contribution in [3.8, 4) is 0 Å². The molecule has 0 fully saturated rings. The molecule has 8 heteroatoms. The Morgan fingerprint density at radius 2 is 1.79 bits per heavy atom. The standard InChI is InChI=1S/C11H14N6O2/c1-6-5-17-7-8(12-10(17)16(4)13-6)14(2)11(19)15(3)9(7)18/h5H2,1-4H3. The summed E-state index contributed by atoms with van der Waals surface area (Å²) in [5, 5.41) is 5.91. The molecule has 0 aliphatic carbocycles. The number of imidazole rings is 1. The maximum absolute atomic E-state index is 12.3. The minimum Gasteiger partial charge on any atom is -0.297 e. The molecule has 1 aliphatic heterocycles. The smallest absolute Gasteiger partial charge is 0.297 e. The highest BCUT2D eigenvalue weighted by molar-refractivity contribution is 5.87. The van der Waals surface area contributed by atoms with Crippen molar-refractivity contribution in [3.05, 3.63) is 20.8 Å². The molecule has 0 radical (unpaired) electrons. The lowest BCUT2D eigenvalue weighted by Gasteiger charge is -2.20. The minimum atomic E-state index is -0.381. The highest BCUT2D eigenvalue weighted by atomic mass is 16.2. The van der Waals surface area contributed by atoms with Gasteiger partial charge in [-0.05, 0) is 6.92 Å². The summed E-state index contributed by atoms with van der Waals surface area (Å²) in [6, 6.07) is 0. The van der Waals surface area contributed by atoms with Crippen molar-refractivity contribution in [1.29, 1.82) is 0 Å². The first-order valence-electron chi connectivity index (χ1n) is 5.86. The van der Waals surface area contributed by atoms with Crippen molar-refractivity contribution >= 4 is 22.8 Å². The van der Waals surface area contributed by atoms with Crippen molar-refractivity contribution in [3.63, 3.8) is 0 Å². The second-order valence-corrected chi connectivity index (χ2v) is 4.73. The zero-order valence-corrected chi connectivity index (χ0v) is 11.2. The molecule has 8 nitrogen and oxygen atoms in total. The van der Waals surface area contributed by atoms with Gasteiger partial charge in [-0.15, -0.1) is 0 Å². The molecule has 0 N–H and O–H groups in total. The fourth-order valence-corrected chi connectivity index (χ4v) is 2.39. The molecule has 0 aromatic carbocycles. The van der Waals surface area contributed by atoms with Crippen molar-refractivity contribution in [1.82, 2.24) is 18.7 Å². The average Bonchev–Trinajstić information content (AvgIpc) is 2.73. The van der Waals surface area contributed by atoms with Crippen LogP contribution < -0.4 is 16.3 Å². The Labute approximate surface area is 108 Å². The van der Waals surface area contributed by atoms with Gasteiger partial charge in [0.15, 0.2) is 11.2 Å². The fourth-order valence-electron chi connectivity index (χ4n) is 2.39. The summed E-state index contributed by atoms with van der Waals surface area (Å²) in [6.45, 7) is 2.39. The summed E-state index contributed by atoms with van der Waals surface area (Å²) >= 11 is 0. The maximum atomic E-state index is 12.3. The van der Waals surface area contributed by atoms with E-state index in [0.29, 0.717) is 23.7 Å². The van der Waals surface area contributed by atoms with E-state index in [1.165, 1.54) is 11.6 Å². The third kappa shape index (κ3) is 1.39. The highest BCUT2D eigenvalue weighted by Gasteiger charge is 2.23. The number of aryl methyl sites for hydroxylation is 1. The van der Waals surface area contributed by atoms with Crippen LogP contribution in [0, 0.1) is 0 Å². The number of hydrogen-bond donors (Lipinski definition) is 0. The van der Waals surface area contributed by atoms with Crippen LogP contribution in [-0.4, -0.2) is 31.4 Å². The van der Waals surface area contributed by atoms with Gasteiger partial charge < -0.3 is 0 Å². The van der Waals surface area contributed by atoms with Gasteiger partial charge in [0.2, 0.25) is 5.95 Å². The number of nitrogens with zero attached hydrogens (tertiary/aromatic N) is 6. The van der Waals surface area contributed by atoms with Crippen molar-refractivity contribution in [2.24, 2.45) is 19.2 Å². The van der Waals surface area contributed by atoms with E-state index in [1.807, 2.05) is 6.92 Å². The van der Waals surface area contributed by atoms with Crippen LogP contribution in [0.3, 0.4) is 0 Å². The van der Waals surface area contributed by atoms with Crippen LogP contribution in [0.1, 0.15) is 6.92 Å². The Morgan fingerprint density at radius 3 is 2.47 bits per heavy atom. The summed E-state index contributed by atoms with van der Waals surface area (Å²) in [4.78, 5) is 28.5. The summed E-state index contributed by atoms with van der Waals surface area (Å²) in [5.41, 5.74) is 0.985. The highest BCUT2D eigenvalue weighted by Crippen LogP contribution is 2.21. The van der Waals surface area contributed by atoms with E-state index in [1.54, 1.807) is 23.7 Å². The largest absolute Gasteiger partial charge is 0.332 e. The molecule has 3 heterocycles. The van der Waals surface area contributed by atoms with Gasteiger partial charge in [0.25, 0.3) is 5.56 Å². The number of anilines is 1. The van der Waals surface area contributed by atoms with Crippen LogP contribution in [0.2, 0.25) is 0 Å². The Hall–Kier alpha value is -2.38. The van der Waals surface area contributed by atoms with Crippen LogP contribution in [0.4, 0.5) is 5.95 Å². The van der Waals surface area contributed by atoms with Gasteiger partial charge >= 0.3 is 5.69 Å². The summed E-state index contributed by atoms with van der Waals surface area (Å²) in [5.74, 6) is 0.568. The Morgan fingerprint density at radius 1 is 1.11 bits per heavy atom. The quantitative estimate of drug-likeness (QED) is 0.626. The minimum absolute atomic E-state index is 0.333. The third-order valence-electron chi connectivity index (χ3n) is 3.32. The van der Waals surface area contributed by atoms with Crippen LogP contribution in [0.5, 0.6) is 0 Å².